The van der Waals surface area contributed by atoms with E-state index in [0.717, 1.165) is 17.7 Å². The maximum absolute atomic E-state index is 14.2. The number of alkyl carbamates (subject to hydrolysis) is 1. The molecule has 4 amide bonds. The third-order valence-corrected chi connectivity index (χ3v) is 10.9. The summed E-state index contributed by atoms with van der Waals surface area (Å²) >= 11 is 0. The number of nitrogens with one attached hydrogen (secondary N) is 3. The molecule has 2 saturated carbocycles. The second kappa shape index (κ2) is 14.5. The monoisotopic (exact) mass is 722 g/mol. The fraction of sp³-hybridized carbons (Fsp3) is 0.688. The van der Waals surface area contributed by atoms with E-state index in [1.54, 1.807) is 20.8 Å². The van der Waals surface area contributed by atoms with Crippen LogP contribution in [0.5, 0.6) is 5.88 Å². The molecule has 0 spiro atoms. The number of amides is 4. The first-order valence-corrected chi connectivity index (χ1v) is 18.4. The first-order valence-electron chi connectivity index (χ1n) is 16.8. The van der Waals surface area contributed by atoms with Crippen LogP contribution in [0.3, 0.4) is 0 Å². The predicted molar refractivity (Wildman–Crippen MR) is 175 cm³/mol. The second-order valence-electron chi connectivity index (χ2n) is 14.1. The molecule has 18 heteroatoms. The van der Waals surface area contributed by atoms with Crippen LogP contribution in [-0.2, 0) is 33.9 Å². The Balaban J connectivity index is 1.43. The van der Waals surface area contributed by atoms with E-state index in [1.165, 1.54) is 25.2 Å². The molecule has 2 aliphatic carbocycles. The number of aromatic nitrogens is 2. The molecule has 5 atom stereocenters. The lowest BCUT2D eigenvalue weighted by atomic mass is 10.0. The van der Waals surface area contributed by atoms with E-state index in [9.17, 15) is 32.4 Å². The standard InChI is InChI=1S/C32H46N6O11S/c1-31(2,3)49-30(43)33-22-12-10-8-6-7-9-11-19-17-32(19,29(42)36-50(44,45)21-13-14-21)34-26(39)23-15-20(18-37(23)27(22)40)48-28(41)24-16-25(46-4)35-38(24)47-5/h9,11,16,19-23H,6-8,10,12-15,17-18H2,1-5H3,(H,33,43)(H,34,39)(H,36,42)/b11-9+. The van der Waals surface area contributed by atoms with Gasteiger partial charge in [-0.3, -0.25) is 19.1 Å². The molecule has 17 nitrogen and oxygen atoms in total. The average molecular weight is 723 g/mol. The lowest BCUT2D eigenvalue weighted by Crippen LogP contribution is -2.58. The normalized spacial score (nSPS) is 28.1. The first kappa shape index (κ1) is 36.9. The van der Waals surface area contributed by atoms with Gasteiger partial charge in [-0.05, 0) is 59.3 Å². The smallest absolute Gasteiger partial charge is 0.408 e. The molecule has 0 bridgehead atoms. The van der Waals surface area contributed by atoms with Gasteiger partial charge in [-0.25, -0.2) is 18.0 Å². The van der Waals surface area contributed by atoms with Crippen LogP contribution in [-0.4, -0.2) is 108 Å². The number of hydrogen-bond donors (Lipinski definition) is 3. The van der Waals surface area contributed by atoms with Crippen molar-refractivity contribution in [2.45, 2.75) is 113 Å². The van der Waals surface area contributed by atoms with Crippen molar-refractivity contribution >= 4 is 39.8 Å². The number of esters is 1. The lowest BCUT2D eigenvalue weighted by Gasteiger charge is -2.30. The third kappa shape index (κ3) is 8.50. The van der Waals surface area contributed by atoms with Crippen LogP contribution >= 0.6 is 0 Å². The minimum Gasteiger partial charge on any atom is -0.480 e. The minimum absolute atomic E-state index is 0.0869. The van der Waals surface area contributed by atoms with Gasteiger partial charge in [-0.2, -0.15) is 0 Å². The van der Waals surface area contributed by atoms with Crippen molar-refractivity contribution in [2.75, 3.05) is 20.8 Å². The number of carbonyl (C=O) groups excluding carboxylic acids is 5. The molecule has 0 radical (unpaired) electrons. The van der Waals surface area contributed by atoms with Gasteiger partial charge < -0.3 is 34.6 Å². The van der Waals surface area contributed by atoms with Crippen LogP contribution in [0.25, 0.3) is 0 Å². The topological polar surface area (TPSA) is 214 Å². The highest BCUT2D eigenvalue weighted by atomic mass is 32.2. The molecule has 1 aromatic heterocycles. The van der Waals surface area contributed by atoms with Gasteiger partial charge in [0.1, 0.15) is 36.4 Å². The first-order chi connectivity index (χ1) is 23.6. The molecule has 3 N–H and O–H groups in total. The van der Waals surface area contributed by atoms with Crippen molar-refractivity contribution < 1.29 is 51.4 Å². The Labute approximate surface area is 290 Å². The quantitative estimate of drug-likeness (QED) is 0.253. The Bertz CT molecular complexity index is 1630. The van der Waals surface area contributed by atoms with Gasteiger partial charge in [-0.1, -0.05) is 34.9 Å². The van der Waals surface area contributed by atoms with Crippen LogP contribution in [0.4, 0.5) is 4.79 Å². The SMILES string of the molecule is COc1cc(C(=O)OC2CC3C(=O)NC4(C(=O)NS(=O)(=O)C5CC5)CC4/C=C/CCCCCC(NC(=O)OC(C)(C)C)C(=O)N3C2)n(OC)n1. The van der Waals surface area contributed by atoms with E-state index in [0.29, 0.717) is 25.7 Å². The maximum atomic E-state index is 14.2. The summed E-state index contributed by atoms with van der Waals surface area (Å²) in [6, 6.07) is -1.02. The number of carbonyl (C=O) groups is 5. The zero-order valence-corrected chi connectivity index (χ0v) is 29.7. The molecule has 50 heavy (non-hydrogen) atoms. The molecule has 3 heterocycles. The summed E-state index contributed by atoms with van der Waals surface area (Å²) in [5.41, 5.74) is -2.50. The summed E-state index contributed by atoms with van der Waals surface area (Å²) in [5, 5.41) is 8.74. The van der Waals surface area contributed by atoms with Crippen molar-refractivity contribution in [1.29, 1.82) is 0 Å². The molecule has 5 unspecified atom stereocenters. The van der Waals surface area contributed by atoms with E-state index in [2.05, 4.69) is 20.5 Å². The zero-order chi connectivity index (χ0) is 36.4. The van der Waals surface area contributed by atoms with Gasteiger partial charge >= 0.3 is 12.1 Å². The van der Waals surface area contributed by atoms with Crippen molar-refractivity contribution in [3.8, 4) is 5.88 Å². The summed E-state index contributed by atoms with van der Waals surface area (Å²) in [5.74, 6) is -3.43. The summed E-state index contributed by atoms with van der Waals surface area (Å²) in [6.07, 6.45) is 5.76. The van der Waals surface area contributed by atoms with E-state index < -0.39 is 80.3 Å². The molecule has 3 fully saturated rings. The molecule has 1 aromatic rings. The van der Waals surface area contributed by atoms with Crippen molar-refractivity contribution in [2.24, 2.45) is 5.92 Å². The summed E-state index contributed by atoms with van der Waals surface area (Å²) in [6.45, 7) is 4.86. The highest BCUT2D eigenvalue weighted by Crippen LogP contribution is 2.46. The number of nitrogens with zero attached hydrogens (tertiary/aromatic N) is 3. The molecule has 4 aliphatic rings. The van der Waals surface area contributed by atoms with Gasteiger partial charge in [0.25, 0.3) is 5.91 Å². The van der Waals surface area contributed by atoms with Crippen molar-refractivity contribution in [1.82, 2.24) is 30.2 Å². The van der Waals surface area contributed by atoms with Crippen LogP contribution in [0.1, 0.15) is 89.0 Å². The highest BCUT2D eigenvalue weighted by Gasteiger charge is 2.62. The Morgan fingerprint density at radius 3 is 2.48 bits per heavy atom. The number of allylic oxidation sites excluding steroid dienone is 1. The Hall–Kier alpha value is -4.35. The Kier molecular flexibility index (Phi) is 10.7. The molecular formula is C32H46N6O11S. The van der Waals surface area contributed by atoms with Gasteiger partial charge in [0.05, 0.1) is 18.9 Å². The fourth-order valence-corrected chi connectivity index (χ4v) is 7.59. The predicted octanol–water partition coefficient (Wildman–Crippen LogP) is 0.973. The molecule has 0 aromatic carbocycles. The largest absolute Gasteiger partial charge is 0.480 e. The zero-order valence-electron chi connectivity index (χ0n) is 28.9. The Morgan fingerprint density at radius 2 is 1.82 bits per heavy atom. The van der Waals surface area contributed by atoms with Crippen molar-refractivity contribution in [3.05, 3.63) is 23.9 Å². The minimum atomic E-state index is -3.92. The van der Waals surface area contributed by atoms with E-state index in [4.69, 9.17) is 19.0 Å². The van der Waals surface area contributed by atoms with Gasteiger partial charge in [-0.15, -0.1) is 0 Å². The number of hydrogen-bond acceptors (Lipinski definition) is 12. The summed E-state index contributed by atoms with van der Waals surface area (Å²) < 4.78 is 43.8. The summed E-state index contributed by atoms with van der Waals surface area (Å²) in [7, 11) is -1.27. The Morgan fingerprint density at radius 1 is 1.08 bits per heavy atom. The van der Waals surface area contributed by atoms with E-state index in [-0.39, 0.29) is 37.4 Å². The third-order valence-electron chi connectivity index (χ3n) is 9.05. The molecule has 5 rings (SSSR count). The lowest BCUT2D eigenvalue weighted by molar-refractivity contribution is -0.141. The number of methoxy groups -OCH3 is 1. The number of sulfonamides is 1. The number of rotatable bonds is 8. The summed E-state index contributed by atoms with van der Waals surface area (Å²) in [4.78, 5) is 75.3. The maximum Gasteiger partial charge on any atom is 0.408 e. The highest BCUT2D eigenvalue weighted by molar-refractivity contribution is 7.91. The van der Waals surface area contributed by atoms with Crippen LogP contribution < -0.4 is 24.9 Å². The number of ether oxygens (including phenoxy) is 3. The number of fused-ring (bicyclic) bond motifs is 2. The molecule has 1 saturated heterocycles. The molecule has 2 aliphatic heterocycles. The average Bonchev–Trinajstić information content (AvgIpc) is 3.92. The van der Waals surface area contributed by atoms with E-state index >= 15 is 0 Å². The molecule has 276 valence electrons. The van der Waals surface area contributed by atoms with Crippen molar-refractivity contribution in [3.63, 3.8) is 0 Å². The van der Waals surface area contributed by atoms with Crippen LogP contribution in [0, 0.1) is 5.92 Å². The van der Waals surface area contributed by atoms with Gasteiger partial charge in [0.2, 0.25) is 27.7 Å². The van der Waals surface area contributed by atoms with Gasteiger partial charge in [0, 0.05) is 18.4 Å². The molecular weight excluding hydrogens is 676 g/mol. The fourth-order valence-electron chi connectivity index (χ4n) is 6.23. The second-order valence-corrected chi connectivity index (χ2v) is 16.1. The van der Waals surface area contributed by atoms with E-state index in [1.807, 2.05) is 12.2 Å². The van der Waals surface area contributed by atoms with Crippen LogP contribution in [0.15, 0.2) is 18.2 Å². The van der Waals surface area contributed by atoms with Crippen LogP contribution in [0.2, 0.25) is 0 Å². The van der Waals surface area contributed by atoms with Gasteiger partial charge in [0.15, 0.2) is 5.69 Å².